The van der Waals surface area contributed by atoms with E-state index in [-0.39, 0.29) is 24.1 Å². The van der Waals surface area contributed by atoms with Crippen LogP contribution in [0.4, 0.5) is 0 Å². The molecule has 4 N–H and O–H groups in total. The fourth-order valence-corrected chi connectivity index (χ4v) is 3.23. The van der Waals surface area contributed by atoms with E-state index in [0.717, 1.165) is 25.1 Å². The van der Waals surface area contributed by atoms with Gasteiger partial charge in [0.1, 0.15) is 0 Å². The zero-order valence-corrected chi connectivity index (χ0v) is 11.3. The summed E-state index contributed by atoms with van der Waals surface area (Å²) in [4.78, 5) is 12.3. The first kappa shape index (κ1) is 12.6. The van der Waals surface area contributed by atoms with E-state index in [0.29, 0.717) is 17.2 Å². The number of fused-ring (bicyclic) bond motifs is 1. The largest absolute Gasteiger partial charge is 0.376 e. The van der Waals surface area contributed by atoms with Crippen LogP contribution in [0.15, 0.2) is 0 Å². The molecule has 0 spiro atoms. The Morgan fingerprint density at radius 3 is 3.00 bits per heavy atom. The summed E-state index contributed by atoms with van der Waals surface area (Å²) >= 11 is 0. The summed E-state index contributed by atoms with van der Waals surface area (Å²) in [6.07, 6.45) is 2.25. The third kappa shape index (κ3) is 1.95. The topological polar surface area (TPSA) is 93.0 Å². The quantitative estimate of drug-likeness (QED) is 0.714. The standard InChI is InChI=1S/C13H20N4O2/c1-6-9(7(2)17-16-6)13(18)15-11-10(14)8-4-3-5-19-12(8)11/h8,10-12H,3-5,14H2,1-2H3,(H,15,18)(H,16,17). The maximum absolute atomic E-state index is 12.3. The smallest absolute Gasteiger partial charge is 0.255 e. The number of H-pyrrole nitrogens is 1. The van der Waals surface area contributed by atoms with Gasteiger partial charge >= 0.3 is 0 Å². The minimum Gasteiger partial charge on any atom is -0.376 e. The molecule has 1 aromatic heterocycles. The Morgan fingerprint density at radius 2 is 2.32 bits per heavy atom. The zero-order valence-electron chi connectivity index (χ0n) is 11.3. The highest BCUT2D eigenvalue weighted by Crippen LogP contribution is 2.37. The van der Waals surface area contributed by atoms with Gasteiger partial charge in [-0.05, 0) is 26.7 Å². The van der Waals surface area contributed by atoms with Gasteiger partial charge in [-0.15, -0.1) is 0 Å². The molecule has 0 radical (unpaired) electrons. The van der Waals surface area contributed by atoms with Crippen molar-refractivity contribution in [3.63, 3.8) is 0 Å². The summed E-state index contributed by atoms with van der Waals surface area (Å²) in [6, 6.07) is -0.0757. The number of amides is 1. The third-order valence-electron chi connectivity index (χ3n) is 4.33. The number of aryl methyl sites for hydroxylation is 2. The molecule has 6 heteroatoms. The lowest BCUT2D eigenvalue weighted by Crippen LogP contribution is -2.72. The Labute approximate surface area is 112 Å². The molecule has 1 aliphatic heterocycles. The van der Waals surface area contributed by atoms with Gasteiger partial charge in [-0.25, -0.2) is 0 Å². The van der Waals surface area contributed by atoms with Crippen molar-refractivity contribution in [1.29, 1.82) is 0 Å². The second kappa shape index (κ2) is 4.61. The molecule has 3 rings (SSSR count). The van der Waals surface area contributed by atoms with E-state index in [1.165, 1.54) is 0 Å². The van der Waals surface area contributed by atoms with Gasteiger partial charge in [-0.3, -0.25) is 9.89 Å². The van der Waals surface area contributed by atoms with Gasteiger partial charge in [0.15, 0.2) is 0 Å². The fraction of sp³-hybridized carbons (Fsp3) is 0.692. The average molecular weight is 264 g/mol. The predicted octanol–water partition coefficient (Wildman–Crippen LogP) is 0.261. The molecular weight excluding hydrogens is 244 g/mol. The fourth-order valence-electron chi connectivity index (χ4n) is 3.23. The van der Waals surface area contributed by atoms with Crippen molar-refractivity contribution < 1.29 is 9.53 Å². The molecule has 19 heavy (non-hydrogen) atoms. The van der Waals surface area contributed by atoms with Crippen LogP contribution in [0.25, 0.3) is 0 Å². The van der Waals surface area contributed by atoms with Crippen molar-refractivity contribution in [1.82, 2.24) is 15.5 Å². The van der Waals surface area contributed by atoms with Crippen LogP contribution in [0.3, 0.4) is 0 Å². The summed E-state index contributed by atoms with van der Waals surface area (Å²) in [5.41, 5.74) is 8.25. The van der Waals surface area contributed by atoms with Crippen molar-refractivity contribution in [3.8, 4) is 0 Å². The van der Waals surface area contributed by atoms with Crippen molar-refractivity contribution in [2.24, 2.45) is 11.7 Å². The highest BCUT2D eigenvalue weighted by molar-refractivity contribution is 5.96. The summed E-state index contributed by atoms with van der Waals surface area (Å²) in [7, 11) is 0. The molecule has 2 heterocycles. The van der Waals surface area contributed by atoms with Gasteiger partial charge in [0.05, 0.1) is 23.4 Å². The molecule has 1 aromatic rings. The molecule has 6 nitrogen and oxygen atoms in total. The monoisotopic (exact) mass is 264 g/mol. The average Bonchev–Trinajstić information content (AvgIpc) is 2.75. The molecule has 0 aromatic carbocycles. The van der Waals surface area contributed by atoms with Crippen molar-refractivity contribution >= 4 is 5.91 Å². The maximum Gasteiger partial charge on any atom is 0.255 e. The number of aromatic amines is 1. The normalized spacial score (nSPS) is 33.4. The number of aromatic nitrogens is 2. The first-order valence-corrected chi connectivity index (χ1v) is 6.79. The number of hydrogen-bond donors (Lipinski definition) is 3. The lowest BCUT2D eigenvalue weighted by molar-refractivity contribution is -0.117. The molecule has 104 valence electrons. The summed E-state index contributed by atoms with van der Waals surface area (Å²) in [5.74, 6) is 0.280. The highest BCUT2D eigenvalue weighted by atomic mass is 16.5. The van der Waals surface area contributed by atoms with Crippen LogP contribution in [0.2, 0.25) is 0 Å². The Bertz CT molecular complexity index is 479. The van der Waals surface area contributed by atoms with Crippen molar-refractivity contribution in [2.45, 2.75) is 44.9 Å². The van der Waals surface area contributed by atoms with Crippen molar-refractivity contribution in [2.75, 3.05) is 6.61 Å². The van der Waals surface area contributed by atoms with E-state index in [4.69, 9.17) is 10.5 Å². The van der Waals surface area contributed by atoms with Crippen LogP contribution >= 0.6 is 0 Å². The second-order valence-corrected chi connectivity index (χ2v) is 5.53. The number of ether oxygens (including phenoxy) is 1. The summed E-state index contributed by atoms with van der Waals surface area (Å²) < 4.78 is 5.72. The Hall–Kier alpha value is -1.40. The number of carbonyl (C=O) groups excluding carboxylic acids is 1. The van der Waals surface area contributed by atoms with Crippen LogP contribution in [0, 0.1) is 19.8 Å². The highest BCUT2D eigenvalue weighted by Gasteiger charge is 2.51. The number of carbonyl (C=O) groups is 1. The number of nitrogens with one attached hydrogen (secondary N) is 2. The first-order valence-electron chi connectivity index (χ1n) is 6.79. The van der Waals surface area contributed by atoms with E-state index in [9.17, 15) is 4.79 Å². The number of rotatable bonds is 2. The number of nitrogens with zero attached hydrogens (tertiary/aromatic N) is 1. The minimum absolute atomic E-state index is 0.00163. The van der Waals surface area contributed by atoms with Gasteiger partial charge < -0.3 is 15.8 Å². The molecule has 1 saturated heterocycles. The SMILES string of the molecule is Cc1n[nH]c(C)c1C(=O)NC1C(N)C2CCCOC21. The van der Waals surface area contributed by atoms with Gasteiger partial charge in [0.2, 0.25) is 0 Å². The van der Waals surface area contributed by atoms with Crippen LogP contribution in [-0.4, -0.2) is 40.9 Å². The van der Waals surface area contributed by atoms with Gasteiger partial charge in [-0.1, -0.05) is 0 Å². The van der Waals surface area contributed by atoms with Crippen LogP contribution in [0.5, 0.6) is 0 Å². The van der Waals surface area contributed by atoms with E-state index < -0.39 is 0 Å². The van der Waals surface area contributed by atoms with E-state index in [1.807, 2.05) is 13.8 Å². The van der Waals surface area contributed by atoms with Crippen LogP contribution < -0.4 is 11.1 Å². The van der Waals surface area contributed by atoms with Gasteiger partial charge in [0.25, 0.3) is 5.91 Å². The number of hydrogen-bond acceptors (Lipinski definition) is 4. The van der Waals surface area contributed by atoms with Crippen LogP contribution in [-0.2, 0) is 4.74 Å². The maximum atomic E-state index is 12.3. The van der Waals surface area contributed by atoms with Gasteiger partial charge in [-0.2, -0.15) is 5.10 Å². The molecule has 0 bridgehead atoms. The third-order valence-corrected chi connectivity index (χ3v) is 4.33. The lowest BCUT2D eigenvalue weighted by Gasteiger charge is -2.52. The molecule has 4 unspecified atom stereocenters. The molecule has 1 saturated carbocycles. The molecule has 1 aliphatic carbocycles. The second-order valence-electron chi connectivity index (χ2n) is 5.53. The van der Waals surface area contributed by atoms with Crippen LogP contribution in [0.1, 0.15) is 34.6 Å². The first-order chi connectivity index (χ1) is 9.09. The lowest BCUT2D eigenvalue weighted by atomic mass is 9.68. The predicted molar refractivity (Wildman–Crippen MR) is 69.8 cm³/mol. The van der Waals surface area contributed by atoms with Gasteiger partial charge in [0, 0.05) is 24.3 Å². The summed E-state index contributed by atoms with van der Waals surface area (Å²) in [6.45, 7) is 4.43. The Balaban J connectivity index is 1.70. The Kier molecular flexibility index (Phi) is 3.06. The molecule has 2 fully saturated rings. The molecule has 2 aliphatic rings. The van der Waals surface area contributed by atoms with E-state index >= 15 is 0 Å². The molecule has 1 amide bonds. The van der Waals surface area contributed by atoms with Crippen molar-refractivity contribution in [3.05, 3.63) is 17.0 Å². The minimum atomic E-state index is -0.114. The zero-order chi connectivity index (χ0) is 13.6. The van der Waals surface area contributed by atoms with E-state index in [2.05, 4.69) is 15.5 Å². The summed E-state index contributed by atoms with van der Waals surface area (Å²) in [5, 5.41) is 9.86. The molecule has 4 atom stereocenters. The molecular formula is C13H20N4O2. The number of nitrogens with two attached hydrogens (primary N) is 1. The Morgan fingerprint density at radius 1 is 1.53 bits per heavy atom. The van der Waals surface area contributed by atoms with E-state index in [1.54, 1.807) is 0 Å².